The fraction of sp³-hybridized carbons (Fsp3) is 0.214. The highest BCUT2D eigenvalue weighted by Gasteiger charge is 2.18. The summed E-state index contributed by atoms with van der Waals surface area (Å²) in [4.78, 5) is 6.39. The van der Waals surface area contributed by atoms with Crippen molar-refractivity contribution in [3.63, 3.8) is 0 Å². The minimum Gasteiger partial charge on any atom is -0.426 e. The smallest absolute Gasteiger partial charge is 0.293 e. The SMILES string of the molecule is C=CCN(CC=C)C1=NCc2cc(Cl)ccc2O1. The summed E-state index contributed by atoms with van der Waals surface area (Å²) in [6.07, 6.45) is 3.62. The third-order valence-corrected chi connectivity index (χ3v) is 2.81. The summed E-state index contributed by atoms with van der Waals surface area (Å²) in [7, 11) is 0. The first-order valence-corrected chi connectivity index (χ1v) is 6.10. The highest BCUT2D eigenvalue weighted by molar-refractivity contribution is 6.30. The van der Waals surface area contributed by atoms with Crippen molar-refractivity contribution >= 4 is 17.6 Å². The van der Waals surface area contributed by atoms with E-state index in [0.717, 1.165) is 11.3 Å². The van der Waals surface area contributed by atoms with E-state index in [2.05, 4.69) is 18.2 Å². The molecule has 0 spiro atoms. The maximum Gasteiger partial charge on any atom is 0.293 e. The lowest BCUT2D eigenvalue weighted by Gasteiger charge is -2.26. The Labute approximate surface area is 112 Å². The molecular formula is C14H15ClN2O. The average molecular weight is 263 g/mol. The molecule has 0 aromatic heterocycles. The molecule has 1 heterocycles. The minimum atomic E-state index is 0.579. The average Bonchev–Trinajstić information content (AvgIpc) is 2.38. The van der Waals surface area contributed by atoms with Crippen molar-refractivity contribution in [3.05, 3.63) is 54.1 Å². The molecule has 0 radical (unpaired) electrons. The highest BCUT2D eigenvalue weighted by Crippen LogP contribution is 2.27. The van der Waals surface area contributed by atoms with Gasteiger partial charge in [-0.05, 0) is 18.2 Å². The van der Waals surface area contributed by atoms with Crippen molar-refractivity contribution in [1.29, 1.82) is 0 Å². The third-order valence-electron chi connectivity index (χ3n) is 2.58. The number of hydrogen-bond acceptors (Lipinski definition) is 3. The number of fused-ring (bicyclic) bond motifs is 1. The summed E-state index contributed by atoms with van der Waals surface area (Å²) in [6, 6.07) is 6.16. The van der Waals surface area contributed by atoms with E-state index in [1.807, 2.05) is 35.3 Å². The van der Waals surface area contributed by atoms with Gasteiger partial charge in [0.2, 0.25) is 0 Å². The van der Waals surface area contributed by atoms with Crippen LogP contribution in [-0.2, 0) is 6.54 Å². The number of rotatable bonds is 4. The molecule has 1 aromatic carbocycles. The second-order valence-electron chi connectivity index (χ2n) is 3.94. The summed E-state index contributed by atoms with van der Waals surface area (Å²) in [5.41, 5.74) is 1.00. The lowest BCUT2D eigenvalue weighted by atomic mass is 10.2. The Morgan fingerprint density at radius 2 is 2.06 bits per heavy atom. The van der Waals surface area contributed by atoms with Gasteiger partial charge in [0.25, 0.3) is 6.02 Å². The Morgan fingerprint density at radius 1 is 1.33 bits per heavy atom. The van der Waals surface area contributed by atoms with Gasteiger partial charge in [0.1, 0.15) is 5.75 Å². The highest BCUT2D eigenvalue weighted by atomic mass is 35.5. The van der Waals surface area contributed by atoms with E-state index in [0.29, 0.717) is 30.7 Å². The van der Waals surface area contributed by atoms with Gasteiger partial charge in [-0.3, -0.25) is 0 Å². The first-order chi connectivity index (χ1) is 8.74. The van der Waals surface area contributed by atoms with Gasteiger partial charge >= 0.3 is 0 Å². The molecule has 3 nitrogen and oxygen atoms in total. The van der Waals surface area contributed by atoms with Gasteiger partial charge in [-0.25, -0.2) is 4.99 Å². The molecule has 0 saturated heterocycles. The molecule has 2 rings (SSSR count). The summed E-state index contributed by atoms with van der Waals surface area (Å²) in [6.45, 7) is 9.39. The molecule has 0 saturated carbocycles. The van der Waals surface area contributed by atoms with E-state index >= 15 is 0 Å². The van der Waals surface area contributed by atoms with Crippen LogP contribution in [0.2, 0.25) is 5.02 Å². The minimum absolute atomic E-state index is 0.579. The summed E-state index contributed by atoms with van der Waals surface area (Å²) in [5, 5.41) is 0.699. The molecule has 4 heteroatoms. The van der Waals surface area contributed by atoms with Crippen molar-refractivity contribution in [1.82, 2.24) is 4.90 Å². The fourth-order valence-electron chi connectivity index (χ4n) is 1.76. The second kappa shape index (κ2) is 5.74. The van der Waals surface area contributed by atoms with Gasteiger partial charge in [0, 0.05) is 23.7 Å². The van der Waals surface area contributed by atoms with Crippen LogP contribution in [-0.4, -0.2) is 24.0 Å². The molecule has 0 unspecified atom stereocenters. The standard InChI is InChI=1S/C14H15ClN2O/c1-3-7-17(8-4-2)14-16-10-11-9-12(15)5-6-13(11)18-14/h3-6,9H,1-2,7-8,10H2. The third kappa shape index (κ3) is 2.74. The van der Waals surface area contributed by atoms with Crippen LogP contribution in [0.4, 0.5) is 0 Å². The Kier molecular flexibility index (Phi) is 4.05. The summed E-state index contributed by atoms with van der Waals surface area (Å²) >= 11 is 5.93. The predicted molar refractivity (Wildman–Crippen MR) is 75.2 cm³/mol. The van der Waals surface area contributed by atoms with Gasteiger partial charge in [0.15, 0.2) is 0 Å². The number of ether oxygens (including phenoxy) is 1. The normalized spacial score (nSPS) is 13.1. The molecular weight excluding hydrogens is 248 g/mol. The van der Waals surface area contributed by atoms with E-state index in [9.17, 15) is 0 Å². The molecule has 0 atom stereocenters. The Bertz CT molecular complexity index is 487. The van der Waals surface area contributed by atoms with Crippen LogP contribution in [0.3, 0.4) is 0 Å². The van der Waals surface area contributed by atoms with Gasteiger partial charge in [-0.1, -0.05) is 23.8 Å². The van der Waals surface area contributed by atoms with E-state index in [1.54, 1.807) is 0 Å². The molecule has 0 amide bonds. The molecule has 94 valence electrons. The van der Waals surface area contributed by atoms with Crippen LogP contribution in [0, 0.1) is 0 Å². The number of amidine groups is 1. The van der Waals surface area contributed by atoms with Crippen molar-refractivity contribution < 1.29 is 4.74 Å². The molecule has 1 aliphatic heterocycles. The van der Waals surface area contributed by atoms with Crippen molar-refractivity contribution in [2.75, 3.05) is 13.1 Å². The lowest BCUT2D eigenvalue weighted by molar-refractivity contribution is 0.374. The zero-order valence-corrected chi connectivity index (χ0v) is 10.9. The molecule has 0 N–H and O–H groups in total. The van der Waals surface area contributed by atoms with Crippen LogP contribution in [0.5, 0.6) is 5.75 Å². The summed E-state index contributed by atoms with van der Waals surface area (Å²) in [5.74, 6) is 0.808. The monoisotopic (exact) mass is 262 g/mol. The molecule has 0 bridgehead atoms. The van der Waals surface area contributed by atoms with Crippen LogP contribution in [0.1, 0.15) is 5.56 Å². The Balaban J connectivity index is 2.18. The van der Waals surface area contributed by atoms with E-state index in [1.165, 1.54) is 0 Å². The van der Waals surface area contributed by atoms with Crippen molar-refractivity contribution in [3.8, 4) is 5.75 Å². The van der Waals surface area contributed by atoms with Crippen molar-refractivity contribution in [2.24, 2.45) is 4.99 Å². The molecule has 1 aliphatic rings. The van der Waals surface area contributed by atoms with E-state index in [4.69, 9.17) is 16.3 Å². The quantitative estimate of drug-likeness (QED) is 0.778. The Morgan fingerprint density at radius 3 is 2.72 bits per heavy atom. The van der Waals surface area contributed by atoms with Crippen LogP contribution in [0.25, 0.3) is 0 Å². The van der Waals surface area contributed by atoms with Gasteiger partial charge in [-0.15, -0.1) is 13.2 Å². The molecule has 0 fully saturated rings. The summed E-state index contributed by atoms with van der Waals surface area (Å²) < 4.78 is 5.78. The van der Waals surface area contributed by atoms with E-state index in [-0.39, 0.29) is 0 Å². The van der Waals surface area contributed by atoms with Gasteiger partial charge < -0.3 is 9.64 Å². The number of benzene rings is 1. The largest absolute Gasteiger partial charge is 0.426 e. The van der Waals surface area contributed by atoms with E-state index < -0.39 is 0 Å². The number of hydrogen-bond donors (Lipinski definition) is 0. The first-order valence-electron chi connectivity index (χ1n) is 5.72. The van der Waals surface area contributed by atoms with Crippen LogP contribution >= 0.6 is 11.6 Å². The first kappa shape index (κ1) is 12.7. The number of nitrogens with zero attached hydrogens (tertiary/aromatic N) is 2. The van der Waals surface area contributed by atoms with Gasteiger partial charge in [0.05, 0.1) is 6.54 Å². The number of aliphatic imine (C=N–C) groups is 1. The van der Waals surface area contributed by atoms with Crippen LogP contribution < -0.4 is 4.74 Å². The van der Waals surface area contributed by atoms with Crippen molar-refractivity contribution in [2.45, 2.75) is 6.54 Å². The molecule has 1 aromatic rings. The van der Waals surface area contributed by atoms with Gasteiger partial charge in [-0.2, -0.15) is 0 Å². The maximum absolute atomic E-state index is 5.93. The lowest BCUT2D eigenvalue weighted by Crippen LogP contribution is -2.36. The number of halogens is 1. The molecule has 0 aliphatic carbocycles. The second-order valence-corrected chi connectivity index (χ2v) is 4.37. The predicted octanol–water partition coefficient (Wildman–Crippen LogP) is 3.26. The fourth-order valence-corrected chi connectivity index (χ4v) is 1.96. The Hall–Kier alpha value is -1.74. The van der Waals surface area contributed by atoms with Crippen LogP contribution in [0.15, 0.2) is 48.5 Å². The zero-order chi connectivity index (χ0) is 13.0. The zero-order valence-electron chi connectivity index (χ0n) is 10.1. The maximum atomic E-state index is 5.93. The topological polar surface area (TPSA) is 24.8 Å². The molecule has 18 heavy (non-hydrogen) atoms.